The highest BCUT2D eigenvalue weighted by atomic mass is 31.2. The van der Waals surface area contributed by atoms with Crippen LogP contribution in [-0.4, -0.2) is 39.7 Å². The molecule has 0 fully saturated rings. The summed E-state index contributed by atoms with van der Waals surface area (Å²) in [5, 5.41) is 0. The highest BCUT2D eigenvalue weighted by Crippen LogP contribution is 2.25. The van der Waals surface area contributed by atoms with Gasteiger partial charge in [-0.1, -0.05) is 129 Å². The van der Waals surface area contributed by atoms with E-state index in [0.717, 1.165) is 6.04 Å². The Labute approximate surface area is 194 Å². The average molecular weight is 466 g/mol. The molecule has 6 heteroatoms. The summed E-state index contributed by atoms with van der Waals surface area (Å²) in [5.74, 6) is 0. The van der Waals surface area contributed by atoms with Crippen LogP contribution in [0.15, 0.2) is 0 Å². The van der Waals surface area contributed by atoms with E-state index in [4.69, 9.17) is 19.2 Å². The van der Waals surface area contributed by atoms with Gasteiger partial charge in [0.1, 0.15) is 0 Å². The normalized spacial score (nSPS) is 12.6. The maximum atomic E-state index is 8.88. The molecule has 0 amide bonds. The smallest absolute Gasteiger partial charge is 0.306 e. The third-order valence-electron chi connectivity index (χ3n) is 6.01. The molecule has 0 aliphatic rings. The van der Waals surface area contributed by atoms with Crippen LogP contribution in [0.1, 0.15) is 142 Å². The summed E-state index contributed by atoms with van der Waals surface area (Å²) < 4.78 is 8.88. The first-order chi connectivity index (χ1) is 14.7. The Kier molecular flexibility index (Phi) is 26.5. The van der Waals surface area contributed by atoms with Crippen LogP contribution < -0.4 is 0 Å². The van der Waals surface area contributed by atoms with Crippen molar-refractivity contribution in [1.82, 2.24) is 4.90 Å². The third-order valence-corrected chi connectivity index (χ3v) is 6.01. The average Bonchev–Trinajstić information content (AvgIpc) is 2.68. The molecule has 0 aliphatic carbocycles. The summed E-state index contributed by atoms with van der Waals surface area (Å²) in [7, 11) is -0.0720. The van der Waals surface area contributed by atoms with E-state index in [1.807, 2.05) is 0 Å². The molecule has 0 aliphatic heterocycles. The van der Waals surface area contributed by atoms with Crippen LogP contribution in [0.3, 0.4) is 0 Å². The highest BCUT2D eigenvalue weighted by Gasteiger charge is 2.10. The predicted molar refractivity (Wildman–Crippen MR) is 135 cm³/mol. The topological polar surface area (TPSA) is 81.0 Å². The van der Waals surface area contributed by atoms with Crippen molar-refractivity contribution in [3.8, 4) is 0 Å². The van der Waals surface area contributed by atoms with Crippen LogP contribution in [0.2, 0.25) is 0 Å². The summed E-state index contributed by atoms with van der Waals surface area (Å²) in [6.07, 6.45) is 28.9. The van der Waals surface area contributed by atoms with Crippen LogP contribution in [0, 0.1) is 0 Å². The zero-order chi connectivity index (χ0) is 23.8. The number of nitrogens with zero attached hydrogens (tertiary/aromatic N) is 1. The lowest BCUT2D eigenvalue weighted by atomic mass is 9.99. The molecule has 0 aromatic carbocycles. The second-order valence-corrected chi connectivity index (χ2v) is 10.4. The van der Waals surface area contributed by atoms with Gasteiger partial charge in [0, 0.05) is 6.04 Å². The molecule has 3 N–H and O–H groups in total. The van der Waals surface area contributed by atoms with Crippen molar-refractivity contribution < 1.29 is 19.2 Å². The Morgan fingerprint density at radius 1 is 0.548 bits per heavy atom. The van der Waals surface area contributed by atoms with Crippen LogP contribution in [-0.2, 0) is 4.57 Å². The second kappa shape index (κ2) is 24.7. The monoisotopic (exact) mass is 465 g/mol. The Morgan fingerprint density at radius 2 is 0.774 bits per heavy atom. The van der Waals surface area contributed by atoms with Crippen LogP contribution >= 0.6 is 7.82 Å². The van der Waals surface area contributed by atoms with Gasteiger partial charge >= 0.3 is 7.82 Å². The zero-order valence-electron chi connectivity index (χ0n) is 21.4. The number of hydrogen-bond acceptors (Lipinski definition) is 2. The molecule has 190 valence electrons. The summed E-state index contributed by atoms with van der Waals surface area (Å²) in [6.45, 7) is 4.60. The first-order valence-corrected chi connectivity index (χ1v) is 14.7. The fourth-order valence-electron chi connectivity index (χ4n) is 4.04. The molecule has 1 atom stereocenters. The van der Waals surface area contributed by atoms with Gasteiger partial charge in [0.15, 0.2) is 0 Å². The minimum atomic E-state index is -4.64. The number of phosphoric acid groups is 1. The van der Waals surface area contributed by atoms with E-state index in [9.17, 15) is 0 Å². The molecule has 0 spiro atoms. The minimum Gasteiger partial charge on any atom is -0.306 e. The lowest BCUT2D eigenvalue weighted by Crippen LogP contribution is -2.27. The minimum absolute atomic E-state index is 0.823. The molecule has 0 saturated carbocycles. The van der Waals surface area contributed by atoms with Crippen molar-refractivity contribution in [2.24, 2.45) is 0 Å². The van der Waals surface area contributed by atoms with Gasteiger partial charge in [0.05, 0.1) is 0 Å². The van der Waals surface area contributed by atoms with Gasteiger partial charge in [0.25, 0.3) is 0 Å². The molecule has 1 unspecified atom stereocenters. The Balaban J connectivity index is 0. The first-order valence-electron chi connectivity index (χ1n) is 13.2. The molecular formula is C25H56NO4P. The maximum absolute atomic E-state index is 8.88. The van der Waals surface area contributed by atoms with Crippen molar-refractivity contribution in [3.63, 3.8) is 0 Å². The standard InChI is InChI=1S/C25H53N.H3O4P/c1-5-7-9-11-13-15-16-18-20-22-24-25(26(3)4)23-21-19-17-14-12-10-8-6-2;1-5(2,3)4/h25H,5-24H2,1-4H3;(H3,1,2,3,4). The van der Waals surface area contributed by atoms with Crippen molar-refractivity contribution in [1.29, 1.82) is 0 Å². The largest absolute Gasteiger partial charge is 0.466 e. The van der Waals surface area contributed by atoms with Gasteiger partial charge in [0.2, 0.25) is 0 Å². The second-order valence-electron chi connectivity index (χ2n) is 9.36. The fourth-order valence-corrected chi connectivity index (χ4v) is 4.04. The molecule has 0 bridgehead atoms. The van der Waals surface area contributed by atoms with Crippen LogP contribution in [0.4, 0.5) is 0 Å². The highest BCUT2D eigenvalue weighted by molar-refractivity contribution is 7.45. The van der Waals surface area contributed by atoms with E-state index < -0.39 is 7.82 Å². The van der Waals surface area contributed by atoms with E-state index in [1.165, 1.54) is 128 Å². The number of hydrogen-bond donors (Lipinski definition) is 3. The maximum Gasteiger partial charge on any atom is 0.466 e. The Hall–Kier alpha value is 0.0700. The summed E-state index contributed by atoms with van der Waals surface area (Å²) in [5.41, 5.74) is 0. The first kappa shape index (κ1) is 33.2. The van der Waals surface area contributed by atoms with Crippen LogP contribution in [0.25, 0.3) is 0 Å². The lowest BCUT2D eigenvalue weighted by Gasteiger charge is -2.24. The Morgan fingerprint density at radius 3 is 1.00 bits per heavy atom. The van der Waals surface area contributed by atoms with Gasteiger partial charge in [-0.05, 0) is 26.9 Å². The molecule has 0 heterocycles. The summed E-state index contributed by atoms with van der Waals surface area (Å²) in [4.78, 5) is 24.0. The fraction of sp³-hybridized carbons (Fsp3) is 1.00. The molecule has 5 nitrogen and oxygen atoms in total. The predicted octanol–water partition coefficient (Wildman–Crippen LogP) is 7.83. The van der Waals surface area contributed by atoms with Gasteiger partial charge in [-0.15, -0.1) is 0 Å². The SMILES string of the molecule is CCCCCCCCCCCCC(CCCCCCCCCC)N(C)C.O=P(O)(O)O. The summed E-state index contributed by atoms with van der Waals surface area (Å²) >= 11 is 0. The lowest BCUT2D eigenvalue weighted by molar-refractivity contribution is 0.251. The van der Waals surface area contributed by atoms with Crippen LogP contribution in [0.5, 0.6) is 0 Å². The van der Waals surface area contributed by atoms with E-state index in [1.54, 1.807) is 0 Å². The van der Waals surface area contributed by atoms with E-state index in [-0.39, 0.29) is 0 Å². The quantitative estimate of drug-likeness (QED) is 0.119. The van der Waals surface area contributed by atoms with Gasteiger partial charge in [-0.3, -0.25) is 0 Å². The van der Waals surface area contributed by atoms with E-state index in [0.29, 0.717) is 0 Å². The number of unbranched alkanes of at least 4 members (excludes halogenated alkanes) is 16. The van der Waals surface area contributed by atoms with Crippen molar-refractivity contribution in [2.45, 2.75) is 148 Å². The van der Waals surface area contributed by atoms with Crippen molar-refractivity contribution in [3.05, 3.63) is 0 Å². The van der Waals surface area contributed by atoms with E-state index >= 15 is 0 Å². The van der Waals surface area contributed by atoms with E-state index in [2.05, 4.69) is 32.8 Å². The molecule has 0 radical (unpaired) electrons. The molecule has 0 aromatic heterocycles. The van der Waals surface area contributed by atoms with Crippen molar-refractivity contribution >= 4 is 7.82 Å². The van der Waals surface area contributed by atoms with Gasteiger partial charge in [-0.2, -0.15) is 0 Å². The number of rotatable bonds is 21. The third kappa shape index (κ3) is 34.9. The molecule has 0 aromatic rings. The molecule has 0 rings (SSSR count). The van der Waals surface area contributed by atoms with Crippen molar-refractivity contribution in [2.75, 3.05) is 14.1 Å². The van der Waals surface area contributed by atoms with Gasteiger partial charge < -0.3 is 19.6 Å². The summed E-state index contributed by atoms with van der Waals surface area (Å²) in [6, 6.07) is 0.823. The molecule has 0 saturated heterocycles. The molecular weight excluding hydrogens is 409 g/mol. The zero-order valence-corrected chi connectivity index (χ0v) is 22.3. The van der Waals surface area contributed by atoms with Gasteiger partial charge in [-0.25, -0.2) is 4.57 Å². The molecule has 31 heavy (non-hydrogen) atoms. The Bertz CT molecular complexity index is 379.